The molecule has 1 aromatic carbocycles. The molecule has 0 spiro atoms. The van der Waals surface area contributed by atoms with Gasteiger partial charge in [0.2, 0.25) is 0 Å². The molecule has 88 valence electrons. The summed E-state index contributed by atoms with van der Waals surface area (Å²) in [6, 6.07) is 5.94. The molecule has 0 aliphatic carbocycles. The van der Waals surface area contributed by atoms with Crippen LogP contribution in [-0.4, -0.2) is 17.9 Å². The molecule has 1 rings (SSSR count). The molecule has 0 atom stereocenters. The SMILES string of the molecule is CCOC(=O)c1c(C)cccc1CCCBr. The van der Waals surface area contributed by atoms with Crippen LogP contribution in [0, 0.1) is 6.92 Å². The topological polar surface area (TPSA) is 26.3 Å². The number of aryl methyl sites for hydroxylation is 2. The molecule has 0 amide bonds. The maximum absolute atomic E-state index is 11.8. The Morgan fingerprint density at radius 2 is 2.19 bits per heavy atom. The minimum Gasteiger partial charge on any atom is -0.462 e. The Morgan fingerprint density at radius 1 is 1.44 bits per heavy atom. The summed E-state index contributed by atoms with van der Waals surface area (Å²) >= 11 is 3.40. The van der Waals surface area contributed by atoms with Gasteiger partial charge in [-0.05, 0) is 37.8 Å². The van der Waals surface area contributed by atoms with Crippen LogP contribution in [0.25, 0.3) is 0 Å². The van der Waals surface area contributed by atoms with Gasteiger partial charge in [0.25, 0.3) is 0 Å². The van der Waals surface area contributed by atoms with Gasteiger partial charge in [-0.25, -0.2) is 4.79 Å². The van der Waals surface area contributed by atoms with E-state index in [1.54, 1.807) is 0 Å². The zero-order chi connectivity index (χ0) is 12.0. The van der Waals surface area contributed by atoms with Crippen LogP contribution in [-0.2, 0) is 11.2 Å². The van der Waals surface area contributed by atoms with Gasteiger partial charge in [-0.2, -0.15) is 0 Å². The monoisotopic (exact) mass is 284 g/mol. The molecule has 0 aliphatic rings. The molecular formula is C13H17BrO2. The van der Waals surface area contributed by atoms with E-state index >= 15 is 0 Å². The molecule has 1 aromatic rings. The number of benzene rings is 1. The number of ether oxygens (including phenoxy) is 1. The predicted octanol–water partition coefficient (Wildman–Crippen LogP) is 3.50. The normalized spacial score (nSPS) is 10.2. The van der Waals surface area contributed by atoms with Crippen molar-refractivity contribution >= 4 is 21.9 Å². The van der Waals surface area contributed by atoms with Crippen molar-refractivity contribution in [3.05, 3.63) is 34.9 Å². The molecule has 0 unspecified atom stereocenters. The van der Waals surface area contributed by atoms with Crippen molar-refractivity contribution in [2.75, 3.05) is 11.9 Å². The molecule has 3 heteroatoms. The number of rotatable bonds is 5. The molecule has 16 heavy (non-hydrogen) atoms. The highest BCUT2D eigenvalue weighted by Gasteiger charge is 2.14. The fourth-order valence-corrected chi connectivity index (χ4v) is 1.97. The summed E-state index contributed by atoms with van der Waals surface area (Å²) in [6.45, 7) is 4.20. The molecule has 2 nitrogen and oxygen atoms in total. The lowest BCUT2D eigenvalue weighted by atomic mass is 9.99. The lowest BCUT2D eigenvalue weighted by Crippen LogP contribution is -2.10. The summed E-state index contributed by atoms with van der Waals surface area (Å²) in [6.07, 6.45) is 1.93. The summed E-state index contributed by atoms with van der Waals surface area (Å²) in [5.74, 6) is -0.204. The molecule has 0 aliphatic heterocycles. The third-order valence-corrected chi connectivity index (χ3v) is 2.98. The van der Waals surface area contributed by atoms with Crippen LogP contribution in [0.5, 0.6) is 0 Å². The van der Waals surface area contributed by atoms with Gasteiger partial charge in [0, 0.05) is 5.33 Å². The number of hydrogen-bond acceptors (Lipinski definition) is 2. The van der Waals surface area contributed by atoms with E-state index in [4.69, 9.17) is 4.74 Å². The smallest absolute Gasteiger partial charge is 0.338 e. The minimum atomic E-state index is -0.204. The average molecular weight is 285 g/mol. The van der Waals surface area contributed by atoms with Gasteiger partial charge in [-0.3, -0.25) is 0 Å². The van der Waals surface area contributed by atoms with E-state index in [0.29, 0.717) is 6.61 Å². The molecule has 0 heterocycles. The van der Waals surface area contributed by atoms with Crippen molar-refractivity contribution < 1.29 is 9.53 Å². The zero-order valence-corrected chi connectivity index (χ0v) is 11.3. The minimum absolute atomic E-state index is 0.204. The van der Waals surface area contributed by atoms with Crippen molar-refractivity contribution in [3.63, 3.8) is 0 Å². The van der Waals surface area contributed by atoms with Gasteiger partial charge in [-0.1, -0.05) is 34.1 Å². The first-order chi connectivity index (χ1) is 7.70. The maximum atomic E-state index is 11.8. The van der Waals surface area contributed by atoms with E-state index < -0.39 is 0 Å². The number of halogens is 1. The third kappa shape index (κ3) is 3.34. The van der Waals surface area contributed by atoms with E-state index in [1.807, 2.05) is 32.0 Å². The largest absolute Gasteiger partial charge is 0.462 e. The van der Waals surface area contributed by atoms with Crippen LogP contribution in [0.15, 0.2) is 18.2 Å². The van der Waals surface area contributed by atoms with E-state index in [-0.39, 0.29) is 5.97 Å². The molecule has 0 saturated heterocycles. The van der Waals surface area contributed by atoms with E-state index in [1.165, 1.54) is 0 Å². The molecular weight excluding hydrogens is 268 g/mol. The lowest BCUT2D eigenvalue weighted by Gasteiger charge is -2.10. The second kappa shape index (κ2) is 6.69. The van der Waals surface area contributed by atoms with Crippen LogP contribution in [0.4, 0.5) is 0 Å². The predicted molar refractivity (Wildman–Crippen MR) is 69.3 cm³/mol. The standard InChI is InChI=1S/C13H17BrO2/c1-3-16-13(15)12-10(2)6-4-7-11(12)8-5-9-14/h4,6-7H,3,5,8-9H2,1-2H3. The number of carbonyl (C=O) groups excluding carboxylic acids is 1. The van der Waals surface area contributed by atoms with Crippen molar-refractivity contribution in [1.82, 2.24) is 0 Å². The number of alkyl halides is 1. The highest BCUT2D eigenvalue weighted by Crippen LogP contribution is 2.17. The summed E-state index contributed by atoms with van der Waals surface area (Å²) in [5.41, 5.74) is 2.81. The van der Waals surface area contributed by atoms with Crippen LogP contribution < -0.4 is 0 Å². The van der Waals surface area contributed by atoms with E-state index in [2.05, 4.69) is 15.9 Å². The van der Waals surface area contributed by atoms with Crippen molar-refractivity contribution in [3.8, 4) is 0 Å². The van der Waals surface area contributed by atoms with Crippen LogP contribution in [0.3, 0.4) is 0 Å². The van der Waals surface area contributed by atoms with Gasteiger partial charge in [0.15, 0.2) is 0 Å². The van der Waals surface area contributed by atoms with E-state index in [9.17, 15) is 4.79 Å². The molecule has 0 fully saturated rings. The Morgan fingerprint density at radius 3 is 2.81 bits per heavy atom. The zero-order valence-electron chi connectivity index (χ0n) is 9.75. The summed E-state index contributed by atoms with van der Waals surface area (Å²) in [5, 5.41) is 0.948. The Bertz CT molecular complexity index is 361. The Kier molecular flexibility index (Phi) is 5.53. The Hall–Kier alpha value is -0.830. The van der Waals surface area contributed by atoms with Crippen LogP contribution in [0.2, 0.25) is 0 Å². The Balaban J connectivity index is 2.98. The number of esters is 1. The molecule has 0 bridgehead atoms. The third-order valence-electron chi connectivity index (χ3n) is 2.42. The molecule has 0 N–H and O–H groups in total. The summed E-state index contributed by atoms with van der Waals surface area (Å²) < 4.78 is 5.08. The first-order valence-electron chi connectivity index (χ1n) is 5.52. The first-order valence-corrected chi connectivity index (χ1v) is 6.64. The second-order valence-corrected chi connectivity index (χ2v) is 4.42. The summed E-state index contributed by atoms with van der Waals surface area (Å²) in [4.78, 5) is 11.8. The highest BCUT2D eigenvalue weighted by molar-refractivity contribution is 9.09. The van der Waals surface area contributed by atoms with Gasteiger partial charge < -0.3 is 4.74 Å². The van der Waals surface area contributed by atoms with Gasteiger partial charge >= 0.3 is 5.97 Å². The Labute approximate surface area is 105 Å². The van der Waals surface area contributed by atoms with Crippen molar-refractivity contribution in [2.45, 2.75) is 26.7 Å². The van der Waals surface area contributed by atoms with Gasteiger partial charge in [0.1, 0.15) is 0 Å². The lowest BCUT2D eigenvalue weighted by molar-refractivity contribution is 0.0524. The maximum Gasteiger partial charge on any atom is 0.338 e. The molecule has 0 aromatic heterocycles. The first kappa shape index (κ1) is 13.2. The average Bonchev–Trinajstić information content (AvgIpc) is 2.26. The number of hydrogen-bond donors (Lipinski definition) is 0. The van der Waals surface area contributed by atoms with Gasteiger partial charge in [-0.15, -0.1) is 0 Å². The van der Waals surface area contributed by atoms with Gasteiger partial charge in [0.05, 0.1) is 12.2 Å². The van der Waals surface area contributed by atoms with Crippen molar-refractivity contribution in [1.29, 1.82) is 0 Å². The van der Waals surface area contributed by atoms with Crippen LogP contribution in [0.1, 0.15) is 34.8 Å². The quantitative estimate of drug-likeness (QED) is 0.611. The molecule has 0 radical (unpaired) electrons. The summed E-state index contributed by atoms with van der Waals surface area (Å²) in [7, 11) is 0. The fraction of sp³-hybridized carbons (Fsp3) is 0.462. The second-order valence-electron chi connectivity index (χ2n) is 3.62. The fourth-order valence-electron chi connectivity index (χ4n) is 1.69. The van der Waals surface area contributed by atoms with Crippen molar-refractivity contribution in [2.24, 2.45) is 0 Å². The van der Waals surface area contributed by atoms with E-state index in [0.717, 1.165) is 34.9 Å². The highest BCUT2D eigenvalue weighted by atomic mass is 79.9. The molecule has 0 saturated carbocycles. The van der Waals surface area contributed by atoms with Crippen LogP contribution >= 0.6 is 15.9 Å². The number of carbonyl (C=O) groups is 1.